The number of methoxy groups -OCH3 is 1. The molecule has 4 aromatic rings. The van der Waals surface area contributed by atoms with Gasteiger partial charge in [0.25, 0.3) is 0 Å². The molecule has 0 saturated heterocycles. The number of hydrogen-bond acceptors (Lipinski definition) is 5. The standard InChI is InChI=1S/C34H39ClN4O3/c1-7-27(24-11-10-12-26(21-24)41-6)32(34-33(35)28-13-8-9-14-29(28)37-34)25-16-17-30(36-22-25)42-20-19-39(5)23(2)15-18-31(40)38(3)4/h8-18,21-23,37H,7,19-20H2,1-6H3/b18-15+,32-27+. The highest BCUT2D eigenvalue weighted by atomic mass is 35.5. The molecular weight excluding hydrogens is 548 g/mol. The van der Waals surface area contributed by atoms with Gasteiger partial charge in [0.15, 0.2) is 0 Å². The van der Waals surface area contributed by atoms with Crippen LogP contribution in [0.5, 0.6) is 11.6 Å². The van der Waals surface area contributed by atoms with Gasteiger partial charge in [0.2, 0.25) is 11.8 Å². The van der Waals surface area contributed by atoms with Gasteiger partial charge >= 0.3 is 0 Å². The number of carbonyl (C=O) groups excluding carboxylic acids is 1. The number of nitrogens with one attached hydrogen (secondary N) is 1. The highest BCUT2D eigenvalue weighted by Crippen LogP contribution is 2.40. The number of hydrogen-bond donors (Lipinski definition) is 1. The number of halogens is 1. The lowest BCUT2D eigenvalue weighted by Gasteiger charge is -2.22. The molecule has 42 heavy (non-hydrogen) atoms. The second-order valence-corrected chi connectivity index (χ2v) is 10.7. The summed E-state index contributed by atoms with van der Waals surface area (Å²) in [6.45, 7) is 5.32. The van der Waals surface area contributed by atoms with Crippen molar-refractivity contribution in [2.24, 2.45) is 0 Å². The lowest BCUT2D eigenvalue weighted by Crippen LogP contribution is -2.32. The maximum atomic E-state index is 11.8. The summed E-state index contributed by atoms with van der Waals surface area (Å²) >= 11 is 6.99. The third kappa shape index (κ3) is 7.22. The average molecular weight is 587 g/mol. The highest BCUT2D eigenvalue weighted by molar-refractivity contribution is 6.38. The van der Waals surface area contributed by atoms with Crippen molar-refractivity contribution in [2.45, 2.75) is 26.3 Å². The number of likely N-dealkylation sites (N-methyl/N-ethyl adjacent to an activating group) is 2. The number of para-hydroxylation sites is 1. The summed E-state index contributed by atoms with van der Waals surface area (Å²) in [4.78, 5) is 23.7. The number of nitrogens with zero attached hydrogens (tertiary/aromatic N) is 3. The third-order valence-corrected chi connectivity index (χ3v) is 7.73. The first-order chi connectivity index (χ1) is 20.2. The maximum Gasteiger partial charge on any atom is 0.245 e. The third-order valence-electron chi connectivity index (χ3n) is 7.34. The maximum absolute atomic E-state index is 11.8. The molecule has 0 aliphatic rings. The second kappa shape index (κ2) is 14.2. The van der Waals surface area contributed by atoms with Crippen LogP contribution < -0.4 is 9.47 Å². The highest BCUT2D eigenvalue weighted by Gasteiger charge is 2.20. The molecule has 2 heterocycles. The Labute approximate surface area is 253 Å². The Hall–Kier alpha value is -4.07. The number of fused-ring (bicyclic) bond motifs is 1. The van der Waals surface area contributed by atoms with E-state index in [0.717, 1.165) is 51.0 Å². The zero-order valence-electron chi connectivity index (χ0n) is 25.1. The molecule has 0 saturated carbocycles. The molecule has 4 rings (SSSR count). The van der Waals surface area contributed by atoms with Gasteiger partial charge in [0.1, 0.15) is 12.4 Å². The molecule has 1 unspecified atom stereocenters. The van der Waals surface area contributed by atoms with Crippen LogP contribution >= 0.6 is 11.6 Å². The molecule has 2 aromatic heterocycles. The number of aromatic amines is 1. The molecule has 1 amide bonds. The van der Waals surface area contributed by atoms with Crippen molar-refractivity contribution in [3.8, 4) is 11.6 Å². The van der Waals surface area contributed by atoms with Crippen molar-refractivity contribution in [1.29, 1.82) is 0 Å². The zero-order valence-corrected chi connectivity index (χ0v) is 25.9. The minimum absolute atomic E-state index is 0.0319. The van der Waals surface area contributed by atoms with E-state index in [1.807, 2.05) is 80.8 Å². The van der Waals surface area contributed by atoms with Gasteiger partial charge in [-0.2, -0.15) is 0 Å². The molecule has 0 fully saturated rings. The van der Waals surface area contributed by atoms with Crippen LogP contribution in [0.1, 0.15) is 37.1 Å². The van der Waals surface area contributed by atoms with Crippen LogP contribution in [0.3, 0.4) is 0 Å². The van der Waals surface area contributed by atoms with Gasteiger partial charge in [-0.05, 0) is 55.8 Å². The van der Waals surface area contributed by atoms with Crippen LogP contribution in [0.25, 0.3) is 22.0 Å². The molecule has 220 valence electrons. The van der Waals surface area contributed by atoms with E-state index in [1.54, 1.807) is 32.2 Å². The predicted molar refractivity (Wildman–Crippen MR) is 172 cm³/mol. The fourth-order valence-corrected chi connectivity index (χ4v) is 5.02. The Bertz CT molecular complexity index is 1570. The first kappa shape index (κ1) is 30.9. The van der Waals surface area contributed by atoms with Crippen LogP contribution in [0, 0.1) is 0 Å². The number of H-pyrrole nitrogens is 1. The summed E-state index contributed by atoms with van der Waals surface area (Å²) in [6.07, 6.45) is 6.10. The SMILES string of the molecule is CC/C(=C(/c1ccc(OCCN(C)C(C)/C=C/C(=O)N(C)C)nc1)c1[nH]c2ccccc2c1Cl)c1cccc(OC)c1. The predicted octanol–water partition coefficient (Wildman–Crippen LogP) is 6.94. The first-order valence-corrected chi connectivity index (χ1v) is 14.4. The second-order valence-electron chi connectivity index (χ2n) is 10.3. The molecule has 0 bridgehead atoms. The quantitative estimate of drug-likeness (QED) is 0.182. The van der Waals surface area contributed by atoms with Crippen molar-refractivity contribution in [3.63, 3.8) is 0 Å². The van der Waals surface area contributed by atoms with Crippen molar-refractivity contribution in [2.75, 3.05) is 41.4 Å². The van der Waals surface area contributed by atoms with Gasteiger partial charge in [-0.15, -0.1) is 0 Å². The molecule has 0 spiro atoms. The molecule has 1 N–H and O–H groups in total. The number of benzene rings is 2. The molecular formula is C34H39ClN4O3. The average Bonchev–Trinajstić information content (AvgIpc) is 3.34. The van der Waals surface area contributed by atoms with E-state index in [1.165, 1.54) is 0 Å². The molecule has 0 aliphatic carbocycles. The van der Waals surface area contributed by atoms with Crippen LogP contribution in [-0.2, 0) is 4.79 Å². The Morgan fingerprint density at radius 3 is 2.52 bits per heavy atom. The van der Waals surface area contributed by atoms with Crippen LogP contribution in [0.15, 0.2) is 79.0 Å². The van der Waals surface area contributed by atoms with Crippen molar-refractivity contribution < 1.29 is 14.3 Å². The summed E-state index contributed by atoms with van der Waals surface area (Å²) in [6, 6.07) is 20.1. The minimum Gasteiger partial charge on any atom is -0.497 e. The van der Waals surface area contributed by atoms with E-state index in [-0.39, 0.29) is 11.9 Å². The topological polar surface area (TPSA) is 70.7 Å². The number of allylic oxidation sites excluding steroid dienone is 1. The molecule has 1 atom stereocenters. The molecule has 0 radical (unpaired) electrons. The van der Waals surface area contributed by atoms with E-state index in [4.69, 9.17) is 21.1 Å². The number of ether oxygens (including phenoxy) is 2. The number of carbonyl (C=O) groups is 1. The molecule has 2 aromatic carbocycles. The summed E-state index contributed by atoms with van der Waals surface area (Å²) in [5, 5.41) is 1.65. The van der Waals surface area contributed by atoms with Crippen LogP contribution in [0.2, 0.25) is 5.02 Å². The smallest absolute Gasteiger partial charge is 0.245 e. The largest absolute Gasteiger partial charge is 0.497 e. The summed E-state index contributed by atoms with van der Waals surface area (Å²) < 4.78 is 11.5. The number of aromatic nitrogens is 2. The van der Waals surface area contributed by atoms with E-state index >= 15 is 0 Å². The van der Waals surface area contributed by atoms with Crippen molar-refractivity contribution in [3.05, 3.63) is 101 Å². The van der Waals surface area contributed by atoms with Crippen LogP contribution in [-0.4, -0.2) is 73.1 Å². The Morgan fingerprint density at radius 1 is 1.07 bits per heavy atom. The first-order valence-electron chi connectivity index (χ1n) is 14.1. The summed E-state index contributed by atoms with van der Waals surface area (Å²) in [7, 11) is 7.15. The molecule has 0 aliphatic heterocycles. The van der Waals surface area contributed by atoms with Gasteiger partial charge in [0, 0.05) is 67.1 Å². The van der Waals surface area contributed by atoms with Crippen molar-refractivity contribution in [1.82, 2.24) is 19.8 Å². The lowest BCUT2D eigenvalue weighted by molar-refractivity contribution is -0.123. The fourth-order valence-electron chi connectivity index (χ4n) is 4.71. The van der Waals surface area contributed by atoms with Crippen LogP contribution in [0.4, 0.5) is 0 Å². The van der Waals surface area contributed by atoms with Gasteiger partial charge in [-0.3, -0.25) is 9.69 Å². The van der Waals surface area contributed by atoms with E-state index in [0.29, 0.717) is 24.1 Å². The Balaban J connectivity index is 1.60. The number of amides is 1. The Morgan fingerprint density at radius 2 is 1.86 bits per heavy atom. The zero-order chi connectivity index (χ0) is 30.2. The van der Waals surface area contributed by atoms with E-state index in [9.17, 15) is 4.79 Å². The molecule has 8 heteroatoms. The van der Waals surface area contributed by atoms with Gasteiger partial charge in [-0.25, -0.2) is 4.98 Å². The van der Waals surface area contributed by atoms with Gasteiger partial charge in [0.05, 0.1) is 17.8 Å². The van der Waals surface area contributed by atoms with Crippen molar-refractivity contribution >= 4 is 39.6 Å². The lowest BCUT2D eigenvalue weighted by atomic mass is 9.91. The summed E-state index contributed by atoms with van der Waals surface area (Å²) in [5.74, 6) is 1.30. The normalized spacial score (nSPS) is 13.0. The van der Waals surface area contributed by atoms with E-state index in [2.05, 4.69) is 27.9 Å². The number of rotatable bonds is 12. The fraction of sp³-hybridized carbons (Fsp3) is 0.294. The number of pyridine rings is 1. The Kier molecular flexibility index (Phi) is 10.4. The van der Waals surface area contributed by atoms with E-state index < -0.39 is 0 Å². The minimum atomic E-state index is -0.0319. The van der Waals surface area contributed by atoms with Gasteiger partial charge < -0.3 is 19.4 Å². The molecule has 7 nitrogen and oxygen atoms in total. The monoisotopic (exact) mass is 586 g/mol. The summed E-state index contributed by atoms with van der Waals surface area (Å²) in [5.41, 5.74) is 5.91. The van der Waals surface area contributed by atoms with Gasteiger partial charge in [-0.1, -0.05) is 54.9 Å².